The van der Waals surface area contributed by atoms with Gasteiger partial charge in [0.15, 0.2) is 0 Å². The summed E-state index contributed by atoms with van der Waals surface area (Å²) in [4.78, 5) is 31.6. The van der Waals surface area contributed by atoms with Gasteiger partial charge in [-0.05, 0) is 36.5 Å². The highest BCUT2D eigenvalue weighted by molar-refractivity contribution is 5.94. The Kier molecular flexibility index (Phi) is 4.77. The highest BCUT2D eigenvalue weighted by Gasteiger charge is 2.44. The summed E-state index contributed by atoms with van der Waals surface area (Å²) in [5.74, 6) is 0.592. The minimum atomic E-state index is -0.507. The van der Waals surface area contributed by atoms with E-state index in [0.29, 0.717) is 12.1 Å². The number of amides is 1. The molecule has 1 aromatic heterocycles. The van der Waals surface area contributed by atoms with E-state index >= 15 is 0 Å². The van der Waals surface area contributed by atoms with Crippen LogP contribution in [0.25, 0.3) is 11.0 Å². The molecule has 0 unspecified atom stereocenters. The number of methoxy groups -OCH3 is 1. The van der Waals surface area contributed by atoms with Crippen LogP contribution < -0.4 is 15.5 Å². The Labute approximate surface area is 170 Å². The van der Waals surface area contributed by atoms with Gasteiger partial charge in [-0.25, -0.2) is 9.78 Å². The Balaban J connectivity index is 1.55. The molecule has 156 valence electrons. The monoisotopic (exact) mass is 399 g/mol. The second kappa shape index (κ2) is 7.02. The van der Waals surface area contributed by atoms with Gasteiger partial charge >= 0.3 is 5.97 Å². The first-order valence-electron chi connectivity index (χ1n) is 10.1. The van der Waals surface area contributed by atoms with E-state index < -0.39 is 5.54 Å². The van der Waals surface area contributed by atoms with Crippen molar-refractivity contribution < 1.29 is 14.3 Å². The maximum atomic E-state index is 12.8. The summed E-state index contributed by atoms with van der Waals surface area (Å²) in [6.07, 6.45) is 1.46. The molecule has 2 N–H and O–H groups in total. The number of carbonyl (C=O) groups is 2. The van der Waals surface area contributed by atoms with Gasteiger partial charge in [-0.15, -0.1) is 0 Å². The van der Waals surface area contributed by atoms with Gasteiger partial charge in [-0.3, -0.25) is 4.79 Å². The first-order chi connectivity index (χ1) is 13.7. The number of rotatable bonds is 2. The number of fused-ring (bicyclic) bond motifs is 1. The zero-order valence-electron chi connectivity index (χ0n) is 17.5. The topological polar surface area (TPSA) is 88.5 Å². The van der Waals surface area contributed by atoms with Crippen molar-refractivity contribution in [3.05, 3.63) is 23.8 Å². The molecule has 29 heavy (non-hydrogen) atoms. The summed E-state index contributed by atoms with van der Waals surface area (Å²) in [5, 5.41) is 6.68. The van der Waals surface area contributed by atoms with E-state index in [1.165, 1.54) is 7.11 Å². The summed E-state index contributed by atoms with van der Waals surface area (Å²) in [6, 6.07) is 5.41. The molecule has 1 spiro atoms. The van der Waals surface area contributed by atoms with E-state index in [1.807, 2.05) is 17.7 Å². The van der Waals surface area contributed by atoms with Crippen LogP contribution in [0.5, 0.6) is 0 Å². The van der Waals surface area contributed by atoms with Crippen LogP contribution in [-0.4, -0.2) is 60.3 Å². The number of ether oxygens (including phenoxy) is 1. The van der Waals surface area contributed by atoms with Crippen LogP contribution >= 0.6 is 0 Å². The largest absolute Gasteiger partial charge is 0.465 e. The number of esters is 1. The van der Waals surface area contributed by atoms with Crippen molar-refractivity contribution in [3.8, 4) is 0 Å². The number of benzene rings is 1. The average Bonchev–Trinajstić information content (AvgIpc) is 3.00. The lowest BCUT2D eigenvalue weighted by Gasteiger charge is -2.41. The smallest absolute Gasteiger partial charge is 0.337 e. The van der Waals surface area contributed by atoms with Crippen LogP contribution in [0.2, 0.25) is 0 Å². The molecule has 4 rings (SSSR count). The number of anilines is 1. The fourth-order valence-electron chi connectivity index (χ4n) is 4.25. The van der Waals surface area contributed by atoms with Crippen LogP contribution in [0.1, 0.15) is 37.0 Å². The van der Waals surface area contributed by atoms with Gasteiger partial charge in [-0.1, -0.05) is 13.8 Å². The Morgan fingerprint density at radius 1 is 1.21 bits per heavy atom. The lowest BCUT2D eigenvalue weighted by atomic mass is 9.86. The molecule has 0 atom stereocenters. The van der Waals surface area contributed by atoms with E-state index in [2.05, 4.69) is 29.4 Å². The lowest BCUT2D eigenvalue weighted by Crippen LogP contribution is -2.60. The molecule has 2 aliphatic rings. The number of nitrogens with one attached hydrogen (secondary N) is 2. The molecule has 2 fully saturated rings. The van der Waals surface area contributed by atoms with Crippen LogP contribution in [0.4, 0.5) is 5.95 Å². The predicted octanol–water partition coefficient (Wildman–Crippen LogP) is 1.44. The molecule has 0 aliphatic carbocycles. The SMILES string of the molecule is COC(=O)c1ccc2c(c1)nc(N1CCC3(CC1)NCC(C)(C)CNC3=O)n2C. The van der Waals surface area contributed by atoms with Crippen LogP contribution in [0.15, 0.2) is 18.2 Å². The lowest BCUT2D eigenvalue weighted by molar-refractivity contribution is -0.127. The van der Waals surface area contributed by atoms with E-state index in [0.717, 1.165) is 49.5 Å². The van der Waals surface area contributed by atoms with Crippen LogP contribution in [0, 0.1) is 5.41 Å². The van der Waals surface area contributed by atoms with E-state index in [1.54, 1.807) is 12.1 Å². The van der Waals surface area contributed by atoms with Gasteiger partial charge < -0.3 is 24.8 Å². The number of hydrogen-bond donors (Lipinski definition) is 2. The van der Waals surface area contributed by atoms with E-state index in [9.17, 15) is 9.59 Å². The second-order valence-electron chi connectivity index (χ2n) is 8.94. The molecule has 8 nitrogen and oxygen atoms in total. The Bertz CT molecular complexity index is 957. The number of imidazole rings is 1. The molecular formula is C21H29N5O3. The third-order valence-electron chi connectivity index (χ3n) is 6.25. The van der Waals surface area contributed by atoms with E-state index in [-0.39, 0.29) is 17.3 Å². The second-order valence-corrected chi connectivity index (χ2v) is 8.94. The Morgan fingerprint density at radius 2 is 1.93 bits per heavy atom. The normalized spacial score (nSPS) is 21.1. The number of aryl methyl sites for hydroxylation is 1. The summed E-state index contributed by atoms with van der Waals surface area (Å²) in [5.41, 5.74) is 1.75. The number of hydrogen-bond acceptors (Lipinski definition) is 6. The molecule has 2 aromatic rings. The number of aromatic nitrogens is 2. The first-order valence-corrected chi connectivity index (χ1v) is 10.1. The maximum Gasteiger partial charge on any atom is 0.337 e. The van der Waals surface area contributed by atoms with Crippen molar-refractivity contribution >= 4 is 28.9 Å². The highest BCUT2D eigenvalue weighted by atomic mass is 16.5. The quantitative estimate of drug-likeness (QED) is 0.743. The van der Waals surface area contributed by atoms with Crippen molar-refractivity contribution in [2.75, 3.05) is 38.2 Å². The molecule has 0 bridgehead atoms. The van der Waals surface area contributed by atoms with Gasteiger partial charge in [-0.2, -0.15) is 0 Å². The molecule has 0 radical (unpaired) electrons. The molecule has 1 amide bonds. The van der Waals surface area contributed by atoms with E-state index in [4.69, 9.17) is 9.72 Å². The van der Waals surface area contributed by atoms with Crippen LogP contribution in [0.3, 0.4) is 0 Å². The summed E-state index contributed by atoms with van der Waals surface area (Å²) in [7, 11) is 3.35. The average molecular weight is 399 g/mol. The van der Waals surface area contributed by atoms with Crippen LogP contribution in [-0.2, 0) is 16.6 Å². The highest BCUT2D eigenvalue weighted by Crippen LogP contribution is 2.31. The van der Waals surface area contributed by atoms with Gasteiger partial charge in [0.2, 0.25) is 11.9 Å². The fraction of sp³-hybridized carbons (Fsp3) is 0.571. The Morgan fingerprint density at radius 3 is 2.62 bits per heavy atom. The van der Waals surface area contributed by atoms with Crippen molar-refractivity contribution in [2.24, 2.45) is 12.5 Å². The molecule has 2 saturated heterocycles. The number of piperidine rings is 1. The minimum Gasteiger partial charge on any atom is -0.465 e. The van der Waals surface area contributed by atoms with Crippen molar-refractivity contribution in [1.29, 1.82) is 0 Å². The summed E-state index contributed by atoms with van der Waals surface area (Å²) in [6.45, 7) is 7.31. The summed E-state index contributed by atoms with van der Waals surface area (Å²) >= 11 is 0. The molecule has 3 heterocycles. The molecule has 2 aliphatic heterocycles. The summed E-state index contributed by atoms with van der Waals surface area (Å²) < 4.78 is 6.85. The third kappa shape index (κ3) is 3.46. The zero-order chi connectivity index (χ0) is 20.8. The number of carbonyl (C=O) groups excluding carboxylic acids is 2. The maximum absolute atomic E-state index is 12.8. The first kappa shape index (κ1) is 19.7. The van der Waals surface area contributed by atoms with Gasteiger partial charge in [0.05, 0.1) is 23.7 Å². The molecule has 8 heteroatoms. The van der Waals surface area contributed by atoms with Crippen molar-refractivity contribution in [3.63, 3.8) is 0 Å². The van der Waals surface area contributed by atoms with Gasteiger partial charge in [0, 0.05) is 33.2 Å². The fourth-order valence-corrected chi connectivity index (χ4v) is 4.25. The van der Waals surface area contributed by atoms with Crippen molar-refractivity contribution in [1.82, 2.24) is 20.2 Å². The zero-order valence-corrected chi connectivity index (χ0v) is 17.5. The predicted molar refractivity (Wildman–Crippen MR) is 111 cm³/mol. The molecular weight excluding hydrogens is 370 g/mol. The minimum absolute atomic E-state index is 0.0467. The number of nitrogens with zero attached hydrogens (tertiary/aromatic N) is 3. The molecule has 1 aromatic carbocycles. The Hall–Kier alpha value is -2.61. The van der Waals surface area contributed by atoms with Crippen molar-refractivity contribution in [2.45, 2.75) is 32.2 Å². The standard InChI is InChI=1S/C21H29N5O3/c1-20(2)12-22-18(28)21(23-13-20)7-9-26(10-8-21)19-24-15-11-14(17(27)29-4)5-6-16(15)25(19)3/h5-6,11,23H,7-10,12-13H2,1-4H3,(H,22,28). The molecule has 0 saturated carbocycles. The van der Waals surface area contributed by atoms with Gasteiger partial charge in [0.25, 0.3) is 0 Å². The third-order valence-corrected chi connectivity index (χ3v) is 6.25. The van der Waals surface area contributed by atoms with Gasteiger partial charge in [0.1, 0.15) is 5.54 Å².